The molecule has 138 valence electrons. The molecule has 2 amide bonds. The van der Waals surface area contributed by atoms with E-state index in [0.717, 1.165) is 50.4 Å². The number of anilines is 1. The Kier molecular flexibility index (Phi) is 7.44. The van der Waals surface area contributed by atoms with Crippen molar-refractivity contribution < 1.29 is 9.59 Å². The Bertz CT molecular complexity index is 578. The van der Waals surface area contributed by atoms with Gasteiger partial charge in [0.2, 0.25) is 11.8 Å². The van der Waals surface area contributed by atoms with Crippen LogP contribution in [0.2, 0.25) is 0 Å². The lowest BCUT2D eigenvalue weighted by Crippen LogP contribution is -2.49. The van der Waals surface area contributed by atoms with Crippen LogP contribution in [0.25, 0.3) is 0 Å². The molecule has 1 aromatic carbocycles. The third-order valence-corrected chi connectivity index (χ3v) is 4.73. The summed E-state index contributed by atoms with van der Waals surface area (Å²) in [5, 5.41) is 2.97. The second-order valence-corrected chi connectivity index (χ2v) is 7.27. The van der Waals surface area contributed by atoms with E-state index < -0.39 is 0 Å². The largest absolute Gasteiger partial charge is 0.340 e. The highest BCUT2D eigenvalue weighted by Gasteiger charge is 2.21. The van der Waals surface area contributed by atoms with Gasteiger partial charge in [0.1, 0.15) is 0 Å². The summed E-state index contributed by atoms with van der Waals surface area (Å²) in [5.74, 6) is 0.882. The molecule has 0 spiro atoms. The van der Waals surface area contributed by atoms with E-state index >= 15 is 0 Å². The average molecular weight is 345 g/mol. The van der Waals surface area contributed by atoms with Crippen molar-refractivity contribution in [1.29, 1.82) is 0 Å². The molecule has 0 bridgehead atoms. The van der Waals surface area contributed by atoms with E-state index in [-0.39, 0.29) is 11.8 Å². The third kappa shape index (κ3) is 6.50. The van der Waals surface area contributed by atoms with Gasteiger partial charge in [-0.05, 0) is 30.9 Å². The molecule has 0 saturated carbocycles. The van der Waals surface area contributed by atoms with E-state index in [2.05, 4.69) is 24.1 Å². The van der Waals surface area contributed by atoms with E-state index in [1.807, 2.05) is 36.1 Å². The number of aryl methyl sites for hydroxylation is 1. The van der Waals surface area contributed by atoms with E-state index in [1.165, 1.54) is 0 Å². The fraction of sp³-hybridized carbons (Fsp3) is 0.600. The summed E-state index contributed by atoms with van der Waals surface area (Å²) in [6.07, 6.45) is 2.09. The predicted octanol–water partition coefficient (Wildman–Crippen LogP) is 2.90. The second kappa shape index (κ2) is 9.56. The van der Waals surface area contributed by atoms with Gasteiger partial charge in [-0.2, -0.15) is 0 Å². The van der Waals surface area contributed by atoms with Crippen molar-refractivity contribution in [3.63, 3.8) is 0 Å². The van der Waals surface area contributed by atoms with Crippen molar-refractivity contribution in [2.75, 3.05) is 38.0 Å². The van der Waals surface area contributed by atoms with Gasteiger partial charge in [-0.25, -0.2) is 0 Å². The van der Waals surface area contributed by atoms with Crippen molar-refractivity contribution in [2.45, 2.75) is 40.0 Å². The van der Waals surface area contributed by atoms with Crippen molar-refractivity contribution in [3.8, 4) is 0 Å². The molecule has 1 aliphatic heterocycles. The second-order valence-electron chi connectivity index (χ2n) is 7.27. The average Bonchev–Trinajstić information content (AvgIpc) is 2.60. The Labute approximate surface area is 151 Å². The molecule has 2 rings (SSSR count). The first-order chi connectivity index (χ1) is 12.0. The third-order valence-electron chi connectivity index (χ3n) is 4.73. The van der Waals surface area contributed by atoms with Crippen LogP contribution in [0.3, 0.4) is 0 Å². The smallest absolute Gasteiger partial charge is 0.225 e. The first kappa shape index (κ1) is 19.4. The minimum atomic E-state index is 0.0461. The summed E-state index contributed by atoms with van der Waals surface area (Å²) < 4.78 is 0. The highest BCUT2D eigenvalue weighted by molar-refractivity contribution is 5.91. The maximum Gasteiger partial charge on any atom is 0.225 e. The number of amides is 2. The van der Waals surface area contributed by atoms with Crippen LogP contribution in [0.4, 0.5) is 5.69 Å². The molecule has 1 aromatic rings. The molecule has 0 atom stereocenters. The van der Waals surface area contributed by atoms with Gasteiger partial charge in [-0.1, -0.05) is 32.0 Å². The van der Waals surface area contributed by atoms with Gasteiger partial charge in [0, 0.05) is 51.3 Å². The zero-order valence-corrected chi connectivity index (χ0v) is 15.8. The topological polar surface area (TPSA) is 52.7 Å². The van der Waals surface area contributed by atoms with Crippen LogP contribution < -0.4 is 5.32 Å². The Morgan fingerprint density at radius 1 is 1.08 bits per heavy atom. The number of nitrogens with one attached hydrogen (secondary N) is 1. The predicted molar refractivity (Wildman–Crippen MR) is 102 cm³/mol. The van der Waals surface area contributed by atoms with Crippen LogP contribution in [0.5, 0.6) is 0 Å². The van der Waals surface area contributed by atoms with Gasteiger partial charge in [0.15, 0.2) is 0 Å². The SMILES string of the molecule is Cc1ccccc1NC(=O)CCN1CCN(C(=O)CCC(C)C)CC1. The summed E-state index contributed by atoms with van der Waals surface area (Å²) in [7, 11) is 0. The first-order valence-electron chi connectivity index (χ1n) is 9.31. The quantitative estimate of drug-likeness (QED) is 0.827. The Hall–Kier alpha value is -1.88. The van der Waals surface area contributed by atoms with Crippen LogP contribution in [0.15, 0.2) is 24.3 Å². The monoisotopic (exact) mass is 345 g/mol. The van der Waals surface area contributed by atoms with Gasteiger partial charge < -0.3 is 10.2 Å². The molecule has 1 N–H and O–H groups in total. The number of hydrogen-bond donors (Lipinski definition) is 1. The molecule has 0 aliphatic carbocycles. The highest BCUT2D eigenvalue weighted by Crippen LogP contribution is 2.14. The summed E-state index contributed by atoms with van der Waals surface area (Å²) in [6, 6.07) is 7.81. The van der Waals surface area contributed by atoms with E-state index in [9.17, 15) is 9.59 Å². The van der Waals surface area contributed by atoms with Crippen molar-refractivity contribution in [2.24, 2.45) is 5.92 Å². The number of para-hydroxylation sites is 1. The minimum Gasteiger partial charge on any atom is -0.340 e. The van der Waals surface area contributed by atoms with Crippen LogP contribution in [-0.4, -0.2) is 54.3 Å². The normalized spacial score (nSPS) is 15.4. The maximum atomic E-state index is 12.2. The molecule has 1 fully saturated rings. The van der Waals surface area contributed by atoms with Gasteiger partial charge in [-0.15, -0.1) is 0 Å². The molecule has 1 heterocycles. The van der Waals surface area contributed by atoms with E-state index in [4.69, 9.17) is 0 Å². The zero-order chi connectivity index (χ0) is 18.2. The summed E-state index contributed by atoms with van der Waals surface area (Å²) in [5.41, 5.74) is 1.96. The lowest BCUT2D eigenvalue weighted by atomic mass is 10.1. The molecule has 1 saturated heterocycles. The van der Waals surface area contributed by atoms with Gasteiger partial charge in [0.25, 0.3) is 0 Å². The lowest BCUT2D eigenvalue weighted by molar-refractivity contribution is -0.133. The molecule has 0 unspecified atom stereocenters. The molecule has 25 heavy (non-hydrogen) atoms. The molecular weight excluding hydrogens is 314 g/mol. The highest BCUT2D eigenvalue weighted by atomic mass is 16.2. The number of rotatable bonds is 7. The van der Waals surface area contributed by atoms with Crippen LogP contribution in [-0.2, 0) is 9.59 Å². The molecular formula is C20H31N3O2. The number of carbonyl (C=O) groups is 2. The van der Waals surface area contributed by atoms with Gasteiger partial charge in [0.05, 0.1) is 0 Å². The number of benzene rings is 1. The molecule has 0 radical (unpaired) electrons. The van der Waals surface area contributed by atoms with Crippen LogP contribution in [0.1, 0.15) is 38.7 Å². The van der Waals surface area contributed by atoms with Gasteiger partial charge >= 0.3 is 0 Å². The Morgan fingerprint density at radius 2 is 1.76 bits per heavy atom. The summed E-state index contributed by atoms with van der Waals surface area (Å²) in [6.45, 7) is 10.3. The maximum absolute atomic E-state index is 12.2. The summed E-state index contributed by atoms with van der Waals surface area (Å²) in [4.78, 5) is 28.5. The molecule has 5 heteroatoms. The fourth-order valence-corrected chi connectivity index (χ4v) is 2.98. The standard InChI is InChI=1S/C20H31N3O2/c1-16(2)8-9-20(25)23-14-12-22(13-15-23)11-10-19(24)21-18-7-5-4-6-17(18)3/h4-7,16H,8-15H2,1-3H3,(H,21,24). The lowest BCUT2D eigenvalue weighted by Gasteiger charge is -2.34. The first-order valence-corrected chi connectivity index (χ1v) is 9.31. The summed E-state index contributed by atoms with van der Waals surface area (Å²) >= 11 is 0. The van der Waals surface area contributed by atoms with Crippen molar-refractivity contribution in [1.82, 2.24) is 9.80 Å². The Morgan fingerprint density at radius 3 is 2.40 bits per heavy atom. The van der Waals surface area contributed by atoms with Crippen molar-refractivity contribution >= 4 is 17.5 Å². The molecule has 5 nitrogen and oxygen atoms in total. The van der Waals surface area contributed by atoms with Gasteiger partial charge in [-0.3, -0.25) is 14.5 Å². The van der Waals surface area contributed by atoms with Crippen LogP contribution >= 0.6 is 0 Å². The Balaban J connectivity index is 1.67. The number of piperazine rings is 1. The van der Waals surface area contributed by atoms with E-state index in [0.29, 0.717) is 18.8 Å². The van der Waals surface area contributed by atoms with E-state index in [1.54, 1.807) is 0 Å². The number of nitrogens with zero attached hydrogens (tertiary/aromatic N) is 2. The van der Waals surface area contributed by atoms with Crippen molar-refractivity contribution in [3.05, 3.63) is 29.8 Å². The molecule has 0 aromatic heterocycles. The fourth-order valence-electron chi connectivity index (χ4n) is 2.98. The number of carbonyl (C=O) groups excluding carboxylic acids is 2. The zero-order valence-electron chi connectivity index (χ0n) is 15.8. The number of hydrogen-bond acceptors (Lipinski definition) is 3. The molecule has 1 aliphatic rings. The van der Waals surface area contributed by atoms with Crippen LogP contribution in [0, 0.1) is 12.8 Å². The minimum absolute atomic E-state index is 0.0461.